The van der Waals surface area contributed by atoms with E-state index in [2.05, 4.69) is 5.32 Å². The highest BCUT2D eigenvalue weighted by Gasteiger charge is 2.00. The first-order valence-corrected chi connectivity index (χ1v) is 4.31. The molecule has 1 aromatic rings. The minimum absolute atomic E-state index is 0.0524. The molecule has 0 saturated heterocycles. The Balaban J connectivity index is 2.55. The third kappa shape index (κ3) is 3.05. The lowest BCUT2D eigenvalue weighted by Gasteiger charge is -2.07. The number of benzene rings is 1. The molecule has 0 heterocycles. The van der Waals surface area contributed by atoms with E-state index < -0.39 is 5.97 Å². The van der Waals surface area contributed by atoms with Crippen molar-refractivity contribution in [2.24, 2.45) is 0 Å². The van der Waals surface area contributed by atoms with E-state index in [4.69, 9.17) is 5.11 Å². The molecule has 0 amide bonds. The van der Waals surface area contributed by atoms with Gasteiger partial charge in [0, 0.05) is 12.2 Å². The van der Waals surface area contributed by atoms with Gasteiger partial charge in [0.1, 0.15) is 5.82 Å². The molecule has 3 nitrogen and oxygen atoms in total. The average Bonchev–Trinajstić information content (AvgIpc) is 2.08. The zero-order valence-electron chi connectivity index (χ0n) is 7.88. The van der Waals surface area contributed by atoms with Gasteiger partial charge < -0.3 is 10.4 Å². The summed E-state index contributed by atoms with van der Waals surface area (Å²) in [4.78, 5) is 10.2. The summed E-state index contributed by atoms with van der Waals surface area (Å²) >= 11 is 0. The predicted octanol–water partition coefficient (Wildman–Crippen LogP) is 2.02. The van der Waals surface area contributed by atoms with E-state index in [9.17, 15) is 9.18 Å². The number of halogens is 1. The number of aryl methyl sites for hydroxylation is 1. The summed E-state index contributed by atoms with van der Waals surface area (Å²) in [6, 6.07) is 4.35. The lowest BCUT2D eigenvalue weighted by Crippen LogP contribution is -2.08. The molecular weight excluding hydrogens is 185 g/mol. The van der Waals surface area contributed by atoms with E-state index in [1.165, 1.54) is 12.1 Å². The van der Waals surface area contributed by atoms with E-state index in [-0.39, 0.29) is 12.2 Å². The predicted molar refractivity (Wildman–Crippen MR) is 51.9 cm³/mol. The molecule has 14 heavy (non-hydrogen) atoms. The lowest BCUT2D eigenvalue weighted by molar-refractivity contribution is -0.136. The van der Waals surface area contributed by atoms with Crippen LogP contribution in [0.4, 0.5) is 10.1 Å². The summed E-state index contributed by atoms with van der Waals surface area (Å²) in [7, 11) is 0. The van der Waals surface area contributed by atoms with Gasteiger partial charge in [0.25, 0.3) is 0 Å². The van der Waals surface area contributed by atoms with E-state index in [0.29, 0.717) is 6.54 Å². The molecule has 0 atom stereocenters. The molecule has 0 spiro atoms. The van der Waals surface area contributed by atoms with Crippen LogP contribution in [-0.2, 0) is 4.79 Å². The van der Waals surface area contributed by atoms with Crippen molar-refractivity contribution < 1.29 is 14.3 Å². The standard InChI is InChI=1S/C10H12FNO2/c1-7-6-8(11)2-3-9(7)12-5-4-10(13)14/h2-3,6,12H,4-5H2,1H3,(H,13,14). The van der Waals surface area contributed by atoms with Gasteiger partial charge in [-0.25, -0.2) is 4.39 Å². The molecule has 76 valence electrons. The molecule has 0 aromatic heterocycles. The zero-order valence-corrected chi connectivity index (χ0v) is 7.88. The fourth-order valence-electron chi connectivity index (χ4n) is 1.13. The van der Waals surface area contributed by atoms with Gasteiger partial charge in [-0.05, 0) is 30.7 Å². The second kappa shape index (κ2) is 4.60. The summed E-state index contributed by atoms with van der Waals surface area (Å²) in [5, 5.41) is 11.3. The third-order valence-electron chi connectivity index (χ3n) is 1.84. The Hall–Kier alpha value is -1.58. The van der Waals surface area contributed by atoms with Crippen molar-refractivity contribution in [3.8, 4) is 0 Å². The maximum atomic E-state index is 12.7. The van der Waals surface area contributed by atoms with Gasteiger partial charge in [0.15, 0.2) is 0 Å². The minimum Gasteiger partial charge on any atom is -0.481 e. The second-order valence-corrected chi connectivity index (χ2v) is 3.03. The van der Waals surface area contributed by atoms with E-state index >= 15 is 0 Å². The first-order chi connectivity index (χ1) is 6.59. The normalized spacial score (nSPS) is 9.86. The quantitative estimate of drug-likeness (QED) is 0.776. The van der Waals surface area contributed by atoms with Crippen LogP contribution < -0.4 is 5.32 Å². The van der Waals surface area contributed by atoms with Crippen LogP contribution in [0.25, 0.3) is 0 Å². The van der Waals surface area contributed by atoms with E-state index in [1.54, 1.807) is 13.0 Å². The molecule has 0 bridgehead atoms. The Kier molecular flexibility index (Phi) is 3.45. The molecule has 4 heteroatoms. The number of nitrogens with one attached hydrogen (secondary N) is 1. The van der Waals surface area contributed by atoms with Crippen molar-refractivity contribution in [3.63, 3.8) is 0 Å². The third-order valence-corrected chi connectivity index (χ3v) is 1.84. The van der Waals surface area contributed by atoms with Gasteiger partial charge in [-0.2, -0.15) is 0 Å². The van der Waals surface area contributed by atoms with E-state index in [0.717, 1.165) is 11.3 Å². The summed E-state index contributed by atoms with van der Waals surface area (Å²) in [5.41, 5.74) is 1.54. The molecule has 0 aliphatic heterocycles. The average molecular weight is 197 g/mol. The molecule has 0 aliphatic carbocycles. The molecule has 0 aliphatic rings. The molecule has 0 unspecified atom stereocenters. The number of rotatable bonds is 4. The molecular formula is C10H12FNO2. The van der Waals surface area contributed by atoms with Crippen molar-refractivity contribution in [2.75, 3.05) is 11.9 Å². The number of hydrogen-bond donors (Lipinski definition) is 2. The molecule has 0 fully saturated rings. The second-order valence-electron chi connectivity index (χ2n) is 3.03. The molecule has 0 radical (unpaired) electrons. The summed E-state index contributed by atoms with van der Waals surface area (Å²) in [5.74, 6) is -1.14. The van der Waals surface area contributed by atoms with Crippen molar-refractivity contribution in [2.45, 2.75) is 13.3 Å². The van der Waals surface area contributed by atoms with Gasteiger partial charge in [-0.15, -0.1) is 0 Å². The van der Waals surface area contributed by atoms with Gasteiger partial charge in [-0.1, -0.05) is 0 Å². The van der Waals surface area contributed by atoms with Crippen molar-refractivity contribution in [1.29, 1.82) is 0 Å². The van der Waals surface area contributed by atoms with Gasteiger partial charge >= 0.3 is 5.97 Å². The highest BCUT2D eigenvalue weighted by molar-refractivity contribution is 5.67. The van der Waals surface area contributed by atoms with Gasteiger partial charge in [0.2, 0.25) is 0 Å². The van der Waals surface area contributed by atoms with Gasteiger partial charge in [0.05, 0.1) is 6.42 Å². The van der Waals surface area contributed by atoms with Crippen LogP contribution in [0.3, 0.4) is 0 Å². The first kappa shape index (κ1) is 10.5. The van der Waals surface area contributed by atoms with Crippen LogP contribution in [0.15, 0.2) is 18.2 Å². The van der Waals surface area contributed by atoms with Crippen LogP contribution in [-0.4, -0.2) is 17.6 Å². The maximum Gasteiger partial charge on any atom is 0.305 e. The van der Waals surface area contributed by atoms with Crippen LogP contribution in [0, 0.1) is 12.7 Å². The SMILES string of the molecule is Cc1cc(F)ccc1NCCC(=O)O. The smallest absolute Gasteiger partial charge is 0.305 e. The molecule has 0 saturated carbocycles. The highest BCUT2D eigenvalue weighted by Crippen LogP contribution is 2.15. The van der Waals surface area contributed by atoms with E-state index in [1.807, 2.05) is 0 Å². The monoisotopic (exact) mass is 197 g/mol. The number of carbonyl (C=O) groups is 1. The van der Waals surface area contributed by atoms with Crippen LogP contribution in [0.2, 0.25) is 0 Å². The Bertz CT molecular complexity index is 339. The van der Waals surface area contributed by atoms with Gasteiger partial charge in [-0.3, -0.25) is 4.79 Å². The van der Waals surface area contributed by atoms with Crippen molar-refractivity contribution in [1.82, 2.24) is 0 Å². The Morgan fingerprint density at radius 3 is 2.86 bits per heavy atom. The number of carboxylic acids is 1. The first-order valence-electron chi connectivity index (χ1n) is 4.31. The maximum absolute atomic E-state index is 12.7. The van der Waals surface area contributed by atoms with Crippen LogP contribution in [0.1, 0.15) is 12.0 Å². The fourth-order valence-corrected chi connectivity index (χ4v) is 1.13. The molecule has 1 aromatic carbocycles. The minimum atomic E-state index is -0.850. The number of anilines is 1. The topological polar surface area (TPSA) is 49.3 Å². The van der Waals surface area contributed by atoms with Crippen molar-refractivity contribution in [3.05, 3.63) is 29.6 Å². The number of carboxylic acid groups (broad SMARTS) is 1. The molecule has 2 N–H and O–H groups in total. The largest absolute Gasteiger partial charge is 0.481 e. The Labute approximate surface area is 81.6 Å². The number of aliphatic carboxylic acids is 1. The highest BCUT2D eigenvalue weighted by atomic mass is 19.1. The summed E-state index contributed by atoms with van der Waals surface area (Å²) in [6.07, 6.45) is 0.0524. The van der Waals surface area contributed by atoms with Crippen molar-refractivity contribution >= 4 is 11.7 Å². The molecule has 1 rings (SSSR count). The zero-order chi connectivity index (χ0) is 10.6. The lowest BCUT2D eigenvalue weighted by atomic mass is 10.2. The van der Waals surface area contributed by atoms with Crippen LogP contribution >= 0.6 is 0 Å². The number of hydrogen-bond acceptors (Lipinski definition) is 2. The Morgan fingerprint density at radius 1 is 1.57 bits per heavy atom. The van der Waals surface area contributed by atoms with Crippen LogP contribution in [0.5, 0.6) is 0 Å². The summed E-state index contributed by atoms with van der Waals surface area (Å²) in [6.45, 7) is 2.12. The Morgan fingerprint density at radius 2 is 2.29 bits per heavy atom. The fraction of sp³-hybridized carbons (Fsp3) is 0.300. The summed E-state index contributed by atoms with van der Waals surface area (Å²) < 4.78 is 12.7.